The van der Waals surface area contributed by atoms with E-state index in [1.165, 1.54) is 0 Å². The molecule has 0 saturated carbocycles. The third kappa shape index (κ3) is 7.39. The molecule has 8 heteroatoms. The van der Waals surface area contributed by atoms with Gasteiger partial charge in [0.25, 0.3) is 5.91 Å². The molecule has 3 amide bonds. The van der Waals surface area contributed by atoms with Crippen molar-refractivity contribution >= 4 is 34.8 Å². The molecule has 0 aliphatic carbocycles. The predicted molar refractivity (Wildman–Crippen MR) is 125 cm³/mol. The lowest BCUT2D eigenvalue weighted by Gasteiger charge is -2.12. The van der Waals surface area contributed by atoms with Crippen LogP contribution in [0.1, 0.15) is 43.0 Å². The summed E-state index contributed by atoms with van der Waals surface area (Å²) < 4.78 is 5.52. The van der Waals surface area contributed by atoms with Gasteiger partial charge in [-0.1, -0.05) is 19.1 Å². The average molecular weight is 439 g/mol. The molecule has 1 aliphatic heterocycles. The highest BCUT2D eigenvalue weighted by atomic mass is 16.5. The Hall–Kier alpha value is -3.39. The van der Waals surface area contributed by atoms with Crippen molar-refractivity contribution < 1.29 is 19.1 Å². The molecule has 32 heavy (non-hydrogen) atoms. The maximum Gasteiger partial charge on any atom is 0.251 e. The molecule has 3 rings (SSSR count). The minimum atomic E-state index is -0.240. The highest BCUT2D eigenvalue weighted by Gasteiger charge is 2.16. The summed E-state index contributed by atoms with van der Waals surface area (Å²) in [4.78, 5) is 36.5. The summed E-state index contributed by atoms with van der Waals surface area (Å²) in [6, 6.07) is 14.0. The van der Waals surface area contributed by atoms with Crippen LogP contribution < -0.4 is 21.3 Å². The number of carbonyl (C=O) groups excluding carboxylic acids is 3. The smallest absolute Gasteiger partial charge is 0.251 e. The molecule has 0 bridgehead atoms. The summed E-state index contributed by atoms with van der Waals surface area (Å²) in [5.41, 5.74) is 2.42. The second-order valence-electron chi connectivity index (χ2n) is 7.71. The minimum Gasteiger partial charge on any atom is -0.376 e. The fourth-order valence-corrected chi connectivity index (χ4v) is 3.40. The highest BCUT2D eigenvalue weighted by Crippen LogP contribution is 2.16. The van der Waals surface area contributed by atoms with Gasteiger partial charge in [-0.15, -0.1) is 0 Å². The fraction of sp³-hybridized carbons (Fsp3) is 0.375. The average Bonchev–Trinajstić information content (AvgIpc) is 3.30. The van der Waals surface area contributed by atoms with Gasteiger partial charge in [-0.25, -0.2) is 0 Å². The Balaban J connectivity index is 1.48. The summed E-state index contributed by atoms with van der Waals surface area (Å²) in [6.07, 6.45) is 3.30. The first-order valence-electron chi connectivity index (χ1n) is 11.0. The molecule has 1 fully saturated rings. The van der Waals surface area contributed by atoms with E-state index in [9.17, 15) is 14.4 Å². The SMILES string of the molecule is CCCC(=O)Nc1cccc(NC(=O)CNc2cccc(C(=O)NCC3CCCO3)c2)c1. The van der Waals surface area contributed by atoms with Crippen LogP contribution in [0.5, 0.6) is 0 Å². The van der Waals surface area contributed by atoms with E-state index >= 15 is 0 Å². The predicted octanol–water partition coefficient (Wildman–Crippen LogP) is 3.38. The van der Waals surface area contributed by atoms with E-state index < -0.39 is 0 Å². The van der Waals surface area contributed by atoms with Crippen molar-refractivity contribution in [1.82, 2.24) is 5.32 Å². The third-order valence-electron chi connectivity index (χ3n) is 5.00. The van der Waals surface area contributed by atoms with Crippen LogP contribution in [-0.2, 0) is 14.3 Å². The van der Waals surface area contributed by atoms with Crippen LogP contribution in [0.3, 0.4) is 0 Å². The van der Waals surface area contributed by atoms with Crippen molar-refractivity contribution in [3.8, 4) is 0 Å². The lowest BCUT2D eigenvalue weighted by molar-refractivity contribution is -0.116. The second kappa shape index (κ2) is 11.9. The first-order chi connectivity index (χ1) is 15.5. The zero-order chi connectivity index (χ0) is 22.8. The first kappa shape index (κ1) is 23.3. The number of nitrogens with one attached hydrogen (secondary N) is 4. The first-order valence-corrected chi connectivity index (χ1v) is 11.0. The third-order valence-corrected chi connectivity index (χ3v) is 5.00. The Bertz CT molecular complexity index is 941. The normalized spacial score (nSPS) is 15.1. The number of anilines is 3. The molecular weight excluding hydrogens is 408 g/mol. The van der Waals surface area contributed by atoms with Crippen molar-refractivity contribution in [3.63, 3.8) is 0 Å². The molecule has 0 aromatic heterocycles. The number of amides is 3. The van der Waals surface area contributed by atoms with E-state index in [0.717, 1.165) is 25.9 Å². The van der Waals surface area contributed by atoms with Gasteiger partial charge < -0.3 is 26.0 Å². The van der Waals surface area contributed by atoms with Crippen LogP contribution in [0.2, 0.25) is 0 Å². The quantitative estimate of drug-likeness (QED) is 0.455. The van der Waals surface area contributed by atoms with Crippen LogP contribution >= 0.6 is 0 Å². The van der Waals surface area contributed by atoms with Gasteiger partial charge in [0.15, 0.2) is 0 Å². The fourth-order valence-electron chi connectivity index (χ4n) is 3.40. The maximum absolute atomic E-state index is 12.4. The van der Waals surface area contributed by atoms with E-state index in [1.54, 1.807) is 48.5 Å². The standard InChI is InChI=1S/C24H30N4O4/c1-2-6-22(29)27-19-9-4-10-20(14-19)28-23(30)16-25-18-8-3-7-17(13-18)24(31)26-15-21-11-5-12-32-21/h3-4,7-10,13-14,21,25H,2,5-6,11-12,15-16H2,1H3,(H,26,31)(H,27,29)(H,28,30). The van der Waals surface area contributed by atoms with Gasteiger partial charge in [0.05, 0.1) is 12.6 Å². The number of rotatable bonds is 10. The summed E-state index contributed by atoms with van der Waals surface area (Å²) in [7, 11) is 0. The molecule has 1 saturated heterocycles. The van der Waals surface area contributed by atoms with Crippen LogP contribution in [0.25, 0.3) is 0 Å². The van der Waals surface area contributed by atoms with E-state index in [-0.39, 0.29) is 30.4 Å². The molecule has 1 atom stereocenters. The molecular formula is C24H30N4O4. The summed E-state index contributed by atoms with van der Waals surface area (Å²) in [5, 5.41) is 11.5. The van der Waals surface area contributed by atoms with Crippen molar-refractivity contribution in [2.75, 3.05) is 35.6 Å². The lowest BCUT2D eigenvalue weighted by atomic mass is 10.1. The highest BCUT2D eigenvalue weighted by molar-refractivity contribution is 5.97. The van der Waals surface area contributed by atoms with Gasteiger partial charge in [0.2, 0.25) is 11.8 Å². The van der Waals surface area contributed by atoms with Crippen molar-refractivity contribution in [1.29, 1.82) is 0 Å². The Labute approximate surface area is 188 Å². The van der Waals surface area contributed by atoms with E-state index in [1.807, 2.05) is 6.92 Å². The van der Waals surface area contributed by atoms with Gasteiger partial charge in [-0.3, -0.25) is 14.4 Å². The van der Waals surface area contributed by atoms with Crippen LogP contribution in [-0.4, -0.2) is 43.5 Å². The van der Waals surface area contributed by atoms with Crippen molar-refractivity contribution in [2.24, 2.45) is 0 Å². The molecule has 1 heterocycles. The Morgan fingerprint density at radius 1 is 0.969 bits per heavy atom. The molecule has 2 aromatic rings. The molecule has 1 unspecified atom stereocenters. The van der Waals surface area contributed by atoms with Gasteiger partial charge in [-0.2, -0.15) is 0 Å². The van der Waals surface area contributed by atoms with Gasteiger partial charge in [0.1, 0.15) is 0 Å². The van der Waals surface area contributed by atoms with E-state index in [0.29, 0.717) is 35.6 Å². The Morgan fingerprint density at radius 3 is 2.41 bits per heavy atom. The summed E-state index contributed by atoms with van der Waals surface area (Å²) in [6.45, 7) is 3.22. The van der Waals surface area contributed by atoms with E-state index in [4.69, 9.17) is 4.74 Å². The number of hydrogen-bond donors (Lipinski definition) is 4. The zero-order valence-corrected chi connectivity index (χ0v) is 18.3. The van der Waals surface area contributed by atoms with Gasteiger partial charge in [-0.05, 0) is 55.7 Å². The van der Waals surface area contributed by atoms with E-state index in [2.05, 4.69) is 21.3 Å². The molecule has 2 aromatic carbocycles. The maximum atomic E-state index is 12.4. The van der Waals surface area contributed by atoms with Crippen LogP contribution in [0, 0.1) is 0 Å². The number of hydrogen-bond acceptors (Lipinski definition) is 5. The molecule has 170 valence electrons. The second-order valence-corrected chi connectivity index (χ2v) is 7.71. The van der Waals surface area contributed by atoms with Crippen molar-refractivity contribution in [2.45, 2.75) is 38.7 Å². The molecule has 4 N–H and O–H groups in total. The summed E-state index contributed by atoms with van der Waals surface area (Å²) in [5.74, 6) is -0.469. The summed E-state index contributed by atoms with van der Waals surface area (Å²) >= 11 is 0. The zero-order valence-electron chi connectivity index (χ0n) is 18.3. The van der Waals surface area contributed by atoms with Crippen LogP contribution in [0.4, 0.5) is 17.1 Å². The molecule has 1 aliphatic rings. The Morgan fingerprint density at radius 2 is 1.69 bits per heavy atom. The van der Waals surface area contributed by atoms with Gasteiger partial charge >= 0.3 is 0 Å². The topological polar surface area (TPSA) is 109 Å². The minimum absolute atomic E-state index is 0.0351. The largest absolute Gasteiger partial charge is 0.376 e. The lowest BCUT2D eigenvalue weighted by Crippen LogP contribution is -2.31. The number of carbonyl (C=O) groups is 3. The van der Waals surface area contributed by atoms with Gasteiger partial charge in [0, 0.05) is 42.2 Å². The molecule has 8 nitrogen and oxygen atoms in total. The van der Waals surface area contributed by atoms with Crippen LogP contribution in [0.15, 0.2) is 48.5 Å². The molecule has 0 radical (unpaired) electrons. The van der Waals surface area contributed by atoms with Crippen molar-refractivity contribution in [3.05, 3.63) is 54.1 Å². The number of ether oxygens (including phenoxy) is 1. The molecule has 0 spiro atoms. The Kier molecular flexibility index (Phi) is 8.62. The monoisotopic (exact) mass is 438 g/mol. The number of benzene rings is 2.